The third kappa shape index (κ3) is 2.73. The average Bonchev–Trinajstić information content (AvgIpc) is 2.95. The van der Waals surface area contributed by atoms with Crippen molar-refractivity contribution < 1.29 is 12.9 Å². The van der Waals surface area contributed by atoms with Gasteiger partial charge in [0.1, 0.15) is 15.2 Å². The molecule has 0 amide bonds. The Kier molecular flexibility index (Phi) is 3.42. The molecule has 2 rings (SSSR count). The molecular formula is C9H8N4O3S2. The molecule has 7 nitrogen and oxygen atoms in total. The Morgan fingerprint density at radius 1 is 1.56 bits per heavy atom. The normalized spacial score (nSPS) is 11.3. The van der Waals surface area contributed by atoms with Gasteiger partial charge in [-0.05, 0) is 19.1 Å². The Morgan fingerprint density at radius 2 is 2.33 bits per heavy atom. The van der Waals surface area contributed by atoms with E-state index in [-0.39, 0.29) is 16.6 Å². The lowest BCUT2D eigenvalue weighted by molar-refractivity contribution is 0.372. The van der Waals surface area contributed by atoms with E-state index in [9.17, 15) is 8.42 Å². The van der Waals surface area contributed by atoms with Crippen LogP contribution in [0.3, 0.4) is 0 Å². The Hall–Kier alpha value is -1.76. The van der Waals surface area contributed by atoms with E-state index < -0.39 is 10.0 Å². The predicted octanol–water partition coefficient (Wildman–Crippen LogP) is 0.790. The van der Waals surface area contributed by atoms with Crippen LogP contribution in [0.1, 0.15) is 16.6 Å². The quantitative estimate of drug-likeness (QED) is 0.889. The molecular weight excluding hydrogens is 276 g/mol. The van der Waals surface area contributed by atoms with E-state index in [0.29, 0.717) is 10.7 Å². The van der Waals surface area contributed by atoms with Crippen molar-refractivity contribution in [2.75, 3.05) is 0 Å². The van der Waals surface area contributed by atoms with Gasteiger partial charge in [0, 0.05) is 0 Å². The van der Waals surface area contributed by atoms with E-state index in [1.165, 1.54) is 12.1 Å². The molecule has 2 aromatic heterocycles. The van der Waals surface area contributed by atoms with E-state index >= 15 is 0 Å². The van der Waals surface area contributed by atoms with Crippen LogP contribution in [0.2, 0.25) is 0 Å². The SMILES string of the molecule is Cc1noc(CNS(=O)(=O)c2ccc(C#N)s2)n1. The van der Waals surface area contributed by atoms with E-state index in [1.807, 2.05) is 6.07 Å². The Morgan fingerprint density at radius 3 is 2.89 bits per heavy atom. The van der Waals surface area contributed by atoms with E-state index in [1.54, 1.807) is 6.92 Å². The van der Waals surface area contributed by atoms with Crippen LogP contribution in [0, 0.1) is 18.3 Å². The molecule has 9 heteroatoms. The number of aromatic nitrogens is 2. The molecule has 0 aliphatic heterocycles. The maximum absolute atomic E-state index is 11.8. The molecule has 0 bridgehead atoms. The van der Waals surface area contributed by atoms with Crippen molar-refractivity contribution >= 4 is 21.4 Å². The van der Waals surface area contributed by atoms with Crippen LogP contribution in [-0.4, -0.2) is 18.6 Å². The Labute approximate surface area is 107 Å². The summed E-state index contributed by atoms with van der Waals surface area (Å²) >= 11 is 0.902. The molecule has 0 aliphatic carbocycles. The minimum Gasteiger partial charge on any atom is -0.338 e. The lowest BCUT2D eigenvalue weighted by Gasteiger charge is -2.00. The fourth-order valence-corrected chi connectivity index (χ4v) is 3.29. The maximum Gasteiger partial charge on any atom is 0.250 e. The van der Waals surface area contributed by atoms with Crippen LogP contribution in [0.15, 0.2) is 20.9 Å². The van der Waals surface area contributed by atoms with Crippen molar-refractivity contribution in [3.05, 3.63) is 28.7 Å². The maximum atomic E-state index is 11.8. The molecule has 0 fully saturated rings. The van der Waals surface area contributed by atoms with E-state index in [4.69, 9.17) is 9.78 Å². The van der Waals surface area contributed by atoms with Crippen LogP contribution in [0.4, 0.5) is 0 Å². The fraction of sp³-hybridized carbons (Fsp3) is 0.222. The summed E-state index contributed by atoms with van der Waals surface area (Å²) in [5.74, 6) is 0.625. The summed E-state index contributed by atoms with van der Waals surface area (Å²) < 4.78 is 30.9. The topological polar surface area (TPSA) is 109 Å². The first-order valence-corrected chi connectivity index (χ1v) is 7.10. The molecule has 0 radical (unpaired) electrons. The molecule has 0 spiro atoms. The highest BCUT2D eigenvalue weighted by Gasteiger charge is 2.17. The first kappa shape index (κ1) is 12.7. The van der Waals surface area contributed by atoms with Crippen LogP contribution in [-0.2, 0) is 16.6 Å². The average molecular weight is 284 g/mol. The van der Waals surface area contributed by atoms with Gasteiger partial charge in [-0.25, -0.2) is 13.1 Å². The van der Waals surface area contributed by atoms with Crippen LogP contribution in [0.5, 0.6) is 0 Å². The zero-order valence-electron chi connectivity index (χ0n) is 9.24. The van der Waals surface area contributed by atoms with Crippen LogP contribution >= 0.6 is 11.3 Å². The molecule has 2 aromatic rings. The lowest BCUT2D eigenvalue weighted by Crippen LogP contribution is -2.22. The van der Waals surface area contributed by atoms with Crippen molar-refractivity contribution in [1.29, 1.82) is 5.26 Å². The highest BCUT2D eigenvalue weighted by molar-refractivity contribution is 7.91. The predicted molar refractivity (Wildman–Crippen MR) is 62.1 cm³/mol. The van der Waals surface area contributed by atoms with Gasteiger partial charge in [-0.15, -0.1) is 11.3 Å². The molecule has 0 atom stereocenters. The van der Waals surface area contributed by atoms with Gasteiger partial charge in [-0.1, -0.05) is 5.16 Å². The number of nitrogens with zero attached hydrogens (tertiary/aromatic N) is 3. The van der Waals surface area contributed by atoms with Gasteiger partial charge < -0.3 is 4.52 Å². The number of nitrogens with one attached hydrogen (secondary N) is 1. The van der Waals surface area contributed by atoms with Crippen molar-refractivity contribution in [1.82, 2.24) is 14.9 Å². The van der Waals surface area contributed by atoms with Gasteiger partial charge >= 0.3 is 0 Å². The van der Waals surface area contributed by atoms with Crippen molar-refractivity contribution in [2.45, 2.75) is 17.7 Å². The second-order valence-electron chi connectivity index (χ2n) is 3.29. The first-order valence-electron chi connectivity index (χ1n) is 4.80. The van der Waals surface area contributed by atoms with Gasteiger partial charge in [0.05, 0.1) is 6.54 Å². The molecule has 1 N–H and O–H groups in total. The third-order valence-corrected chi connectivity index (χ3v) is 4.82. The summed E-state index contributed by atoms with van der Waals surface area (Å²) in [6, 6.07) is 4.72. The Balaban J connectivity index is 2.10. The second kappa shape index (κ2) is 4.85. The molecule has 0 aromatic carbocycles. The van der Waals surface area contributed by atoms with Crippen LogP contribution < -0.4 is 4.72 Å². The van der Waals surface area contributed by atoms with E-state index in [0.717, 1.165) is 11.3 Å². The Bertz CT molecular complexity index is 695. The van der Waals surface area contributed by atoms with Gasteiger partial charge in [0.15, 0.2) is 5.82 Å². The lowest BCUT2D eigenvalue weighted by atomic mass is 10.5. The van der Waals surface area contributed by atoms with Crippen molar-refractivity contribution in [3.63, 3.8) is 0 Å². The number of sulfonamides is 1. The molecule has 0 saturated heterocycles. The molecule has 94 valence electrons. The summed E-state index contributed by atoms with van der Waals surface area (Å²) in [5.41, 5.74) is 0. The first-order chi connectivity index (χ1) is 8.51. The molecule has 18 heavy (non-hydrogen) atoms. The highest BCUT2D eigenvalue weighted by Crippen LogP contribution is 2.20. The summed E-state index contributed by atoms with van der Waals surface area (Å²) in [6.45, 7) is 1.56. The zero-order chi connectivity index (χ0) is 13.2. The van der Waals surface area contributed by atoms with Crippen molar-refractivity contribution in [3.8, 4) is 6.07 Å². The minimum absolute atomic E-state index is 0.0790. The second-order valence-corrected chi connectivity index (χ2v) is 6.37. The number of thiophene rings is 1. The molecule has 0 unspecified atom stereocenters. The van der Waals surface area contributed by atoms with Gasteiger partial charge in [0.25, 0.3) is 10.0 Å². The summed E-state index contributed by atoms with van der Waals surface area (Å²) in [6.07, 6.45) is 0. The number of nitriles is 1. The number of hydrogen-bond acceptors (Lipinski definition) is 7. The summed E-state index contributed by atoms with van der Waals surface area (Å²) in [5, 5.41) is 12.2. The summed E-state index contributed by atoms with van der Waals surface area (Å²) in [7, 11) is -3.65. The third-order valence-electron chi connectivity index (χ3n) is 1.94. The van der Waals surface area contributed by atoms with Crippen LogP contribution in [0.25, 0.3) is 0 Å². The zero-order valence-corrected chi connectivity index (χ0v) is 10.9. The number of aryl methyl sites for hydroxylation is 1. The largest absolute Gasteiger partial charge is 0.338 e. The molecule has 2 heterocycles. The highest BCUT2D eigenvalue weighted by atomic mass is 32.2. The van der Waals surface area contributed by atoms with Crippen molar-refractivity contribution in [2.24, 2.45) is 0 Å². The standard InChI is InChI=1S/C9H8N4O3S2/c1-6-12-8(16-13-6)5-11-18(14,15)9-3-2-7(4-10)17-9/h2-3,11H,5H2,1H3. The summed E-state index contributed by atoms with van der Waals surface area (Å²) in [4.78, 5) is 4.21. The fourth-order valence-electron chi connectivity index (χ4n) is 1.16. The monoisotopic (exact) mass is 284 g/mol. The smallest absolute Gasteiger partial charge is 0.250 e. The van der Waals surface area contributed by atoms with E-state index in [2.05, 4.69) is 14.9 Å². The van der Waals surface area contributed by atoms with Gasteiger partial charge in [-0.3, -0.25) is 0 Å². The molecule has 0 aliphatic rings. The number of rotatable bonds is 4. The van der Waals surface area contributed by atoms with Gasteiger partial charge in [-0.2, -0.15) is 10.2 Å². The van der Waals surface area contributed by atoms with Gasteiger partial charge in [0.2, 0.25) is 5.89 Å². The number of hydrogen-bond donors (Lipinski definition) is 1. The minimum atomic E-state index is -3.65. The molecule has 0 saturated carbocycles.